The predicted molar refractivity (Wildman–Crippen MR) is 38.5 cm³/mol. The van der Waals surface area contributed by atoms with Crippen molar-refractivity contribution >= 4 is 6.03 Å². The molecule has 0 fully saturated rings. The Morgan fingerprint density at radius 2 is 2.20 bits per heavy atom. The van der Waals surface area contributed by atoms with Gasteiger partial charge in [-0.05, 0) is 13.3 Å². The number of hydrogen-bond donors (Lipinski definition) is 3. The minimum absolute atomic E-state index is 0.102. The highest BCUT2D eigenvalue weighted by Gasteiger charge is 1.93. The molecule has 1 radical (unpaired) electrons. The van der Waals surface area contributed by atoms with Crippen LogP contribution in [0.4, 0.5) is 4.79 Å². The Hall–Kier alpha value is -0.770. The Bertz CT molecular complexity index is 95.7. The number of aliphatic hydroxyl groups excluding tert-OH is 1. The molecule has 0 saturated carbocycles. The topological polar surface area (TPSA) is 61.4 Å². The van der Waals surface area contributed by atoms with E-state index < -0.39 is 0 Å². The van der Waals surface area contributed by atoms with E-state index in [-0.39, 0.29) is 12.6 Å². The molecule has 0 aromatic carbocycles. The third kappa shape index (κ3) is 5.37. The first-order valence-electron chi connectivity index (χ1n) is 3.23. The molecule has 0 aliphatic rings. The van der Waals surface area contributed by atoms with Gasteiger partial charge in [0.1, 0.15) is 0 Å². The molecule has 4 heteroatoms. The molecule has 0 heterocycles. The fraction of sp³-hybridized carbons (Fsp3) is 0.667. The summed E-state index contributed by atoms with van der Waals surface area (Å²) in [4.78, 5) is 10.6. The number of carbonyl (C=O) groups is 1. The number of urea groups is 1. The number of hydrogen-bond acceptors (Lipinski definition) is 2. The second-order valence-electron chi connectivity index (χ2n) is 1.76. The predicted octanol–water partition coefficient (Wildman–Crippen LogP) is -0.498. The molecular weight excluding hydrogens is 132 g/mol. The van der Waals surface area contributed by atoms with Gasteiger partial charge in [0.15, 0.2) is 0 Å². The average Bonchev–Trinajstić information content (AvgIpc) is 1.89. The minimum Gasteiger partial charge on any atom is -0.396 e. The van der Waals surface area contributed by atoms with Crippen molar-refractivity contribution in [1.29, 1.82) is 0 Å². The van der Waals surface area contributed by atoms with E-state index in [0.717, 1.165) is 0 Å². The van der Waals surface area contributed by atoms with Crippen molar-refractivity contribution in [3.8, 4) is 0 Å². The Morgan fingerprint density at radius 1 is 1.50 bits per heavy atom. The summed E-state index contributed by atoms with van der Waals surface area (Å²) in [6.45, 7) is 4.42. The number of carbonyl (C=O) groups excluding carboxylic acids is 1. The van der Waals surface area contributed by atoms with Crippen LogP contribution < -0.4 is 10.6 Å². The van der Waals surface area contributed by atoms with Crippen molar-refractivity contribution in [2.45, 2.75) is 6.42 Å². The van der Waals surface area contributed by atoms with Gasteiger partial charge in [-0.1, -0.05) is 0 Å². The molecule has 0 aliphatic heterocycles. The molecule has 59 valence electrons. The molecule has 10 heavy (non-hydrogen) atoms. The second kappa shape index (κ2) is 6.35. The van der Waals surface area contributed by atoms with E-state index in [9.17, 15) is 4.79 Å². The highest BCUT2D eigenvalue weighted by molar-refractivity contribution is 5.73. The van der Waals surface area contributed by atoms with Crippen molar-refractivity contribution < 1.29 is 9.90 Å². The fourth-order valence-electron chi connectivity index (χ4n) is 0.457. The number of aliphatic hydroxyl groups is 1. The highest BCUT2D eigenvalue weighted by Crippen LogP contribution is 1.71. The van der Waals surface area contributed by atoms with Gasteiger partial charge in [0.05, 0.1) is 0 Å². The van der Waals surface area contributed by atoms with Gasteiger partial charge in [0.25, 0.3) is 0 Å². The fourth-order valence-corrected chi connectivity index (χ4v) is 0.457. The van der Waals surface area contributed by atoms with Crippen LogP contribution in [0.2, 0.25) is 0 Å². The van der Waals surface area contributed by atoms with E-state index >= 15 is 0 Å². The van der Waals surface area contributed by atoms with Crippen molar-refractivity contribution in [3.63, 3.8) is 0 Å². The zero-order chi connectivity index (χ0) is 7.82. The molecule has 0 atom stereocenters. The molecule has 0 aromatic heterocycles. The van der Waals surface area contributed by atoms with E-state index in [1.807, 2.05) is 0 Å². The Labute approximate surface area is 60.6 Å². The van der Waals surface area contributed by atoms with E-state index in [1.165, 1.54) is 0 Å². The molecule has 2 amide bonds. The summed E-state index contributed by atoms with van der Waals surface area (Å²) in [6, 6.07) is -0.233. The summed E-state index contributed by atoms with van der Waals surface area (Å²) in [7, 11) is 0. The minimum atomic E-state index is -0.233. The Balaban J connectivity index is 3.05. The number of nitrogens with one attached hydrogen (secondary N) is 2. The van der Waals surface area contributed by atoms with E-state index in [1.54, 1.807) is 0 Å². The largest absolute Gasteiger partial charge is 0.396 e. The van der Waals surface area contributed by atoms with Crippen molar-refractivity contribution in [2.24, 2.45) is 0 Å². The molecule has 0 spiro atoms. The van der Waals surface area contributed by atoms with Crippen LogP contribution in [-0.2, 0) is 0 Å². The van der Waals surface area contributed by atoms with Gasteiger partial charge in [-0.3, -0.25) is 0 Å². The summed E-state index contributed by atoms with van der Waals surface area (Å²) < 4.78 is 0. The van der Waals surface area contributed by atoms with Gasteiger partial charge in [-0.25, -0.2) is 4.79 Å². The molecule has 0 rings (SSSR count). The average molecular weight is 145 g/mol. The van der Waals surface area contributed by atoms with Gasteiger partial charge >= 0.3 is 6.03 Å². The van der Waals surface area contributed by atoms with E-state index in [0.29, 0.717) is 19.5 Å². The lowest BCUT2D eigenvalue weighted by Crippen LogP contribution is -2.36. The van der Waals surface area contributed by atoms with Crippen LogP contribution in [0.3, 0.4) is 0 Å². The molecule has 0 aliphatic carbocycles. The lowest BCUT2D eigenvalue weighted by Gasteiger charge is -2.02. The van der Waals surface area contributed by atoms with Gasteiger partial charge in [0.2, 0.25) is 0 Å². The number of rotatable bonds is 4. The second-order valence-corrected chi connectivity index (χ2v) is 1.76. The molecule has 0 unspecified atom stereocenters. The van der Waals surface area contributed by atoms with Crippen LogP contribution in [0.5, 0.6) is 0 Å². The quantitative estimate of drug-likeness (QED) is 0.467. The first kappa shape index (κ1) is 9.23. The first-order valence-corrected chi connectivity index (χ1v) is 3.23. The number of amides is 2. The zero-order valence-electron chi connectivity index (χ0n) is 5.89. The summed E-state index contributed by atoms with van der Waals surface area (Å²) in [6.07, 6.45) is 0.588. The van der Waals surface area contributed by atoms with Crippen molar-refractivity contribution in [3.05, 3.63) is 6.92 Å². The lowest BCUT2D eigenvalue weighted by molar-refractivity contribution is 0.239. The van der Waals surface area contributed by atoms with E-state index in [4.69, 9.17) is 5.11 Å². The van der Waals surface area contributed by atoms with Gasteiger partial charge < -0.3 is 15.7 Å². The Kier molecular flexibility index (Phi) is 5.86. The third-order valence-corrected chi connectivity index (χ3v) is 0.906. The van der Waals surface area contributed by atoms with Crippen LogP contribution in [0, 0.1) is 6.92 Å². The summed E-state index contributed by atoms with van der Waals surface area (Å²) >= 11 is 0. The van der Waals surface area contributed by atoms with Gasteiger partial charge in [-0.2, -0.15) is 0 Å². The third-order valence-electron chi connectivity index (χ3n) is 0.906. The smallest absolute Gasteiger partial charge is 0.314 e. The Morgan fingerprint density at radius 3 is 2.70 bits per heavy atom. The molecule has 0 bridgehead atoms. The van der Waals surface area contributed by atoms with Gasteiger partial charge in [0, 0.05) is 19.7 Å². The summed E-state index contributed by atoms with van der Waals surface area (Å²) in [5.41, 5.74) is 0. The van der Waals surface area contributed by atoms with Crippen LogP contribution >= 0.6 is 0 Å². The van der Waals surface area contributed by atoms with Crippen LogP contribution in [0.15, 0.2) is 0 Å². The van der Waals surface area contributed by atoms with Crippen LogP contribution in [0.25, 0.3) is 0 Å². The van der Waals surface area contributed by atoms with Crippen molar-refractivity contribution in [1.82, 2.24) is 10.6 Å². The highest BCUT2D eigenvalue weighted by atomic mass is 16.3. The SMILES string of the molecule is [CH2]CNC(=O)NCCCO. The van der Waals surface area contributed by atoms with Crippen molar-refractivity contribution in [2.75, 3.05) is 19.7 Å². The maximum atomic E-state index is 10.6. The summed E-state index contributed by atoms with van der Waals surface area (Å²) in [5, 5.41) is 13.3. The monoisotopic (exact) mass is 145 g/mol. The maximum absolute atomic E-state index is 10.6. The van der Waals surface area contributed by atoms with Crippen LogP contribution in [0.1, 0.15) is 6.42 Å². The molecule has 0 saturated heterocycles. The molecular formula is C6H13N2O2. The maximum Gasteiger partial charge on any atom is 0.314 e. The van der Waals surface area contributed by atoms with Crippen LogP contribution in [-0.4, -0.2) is 30.8 Å². The molecule has 4 nitrogen and oxygen atoms in total. The lowest BCUT2D eigenvalue weighted by atomic mass is 10.4. The standard InChI is InChI=1S/C6H13N2O2/c1-2-7-6(10)8-4-3-5-9/h9H,1-5H2,(H2,7,8,10). The zero-order valence-corrected chi connectivity index (χ0v) is 5.89. The van der Waals surface area contributed by atoms with E-state index in [2.05, 4.69) is 17.6 Å². The molecule has 3 N–H and O–H groups in total. The first-order chi connectivity index (χ1) is 4.81. The normalized spacial score (nSPS) is 9.00. The summed E-state index contributed by atoms with van der Waals surface area (Å²) in [5.74, 6) is 0. The van der Waals surface area contributed by atoms with Gasteiger partial charge in [-0.15, -0.1) is 0 Å². The molecule has 0 aromatic rings.